The molecular weight excluding hydrogens is 349 g/mol. The van der Waals surface area contributed by atoms with Gasteiger partial charge in [0.1, 0.15) is 12.4 Å². The molecule has 0 aliphatic heterocycles. The van der Waals surface area contributed by atoms with E-state index in [9.17, 15) is 18.8 Å². The lowest BCUT2D eigenvalue weighted by atomic mass is 10.1. The van der Waals surface area contributed by atoms with E-state index in [1.807, 2.05) is 0 Å². The molecule has 2 aromatic carbocycles. The second kappa shape index (κ2) is 8.39. The number of halogens is 2. The van der Waals surface area contributed by atoms with Crippen molar-refractivity contribution >= 4 is 29.3 Å². The molecule has 0 heterocycles. The molecule has 2 rings (SSSR count). The van der Waals surface area contributed by atoms with Crippen LogP contribution in [0.25, 0.3) is 0 Å². The maximum absolute atomic E-state index is 13.1. The topological polar surface area (TPSA) is 72.5 Å². The highest BCUT2D eigenvalue weighted by Crippen LogP contribution is 2.12. The number of nitrogens with one attached hydrogen (secondary N) is 1. The largest absolute Gasteiger partial charge is 0.453 e. The third kappa shape index (κ3) is 5.39. The molecule has 25 heavy (non-hydrogen) atoms. The highest BCUT2D eigenvalue weighted by atomic mass is 35.5. The molecule has 0 aliphatic carbocycles. The van der Waals surface area contributed by atoms with Crippen molar-refractivity contribution in [1.29, 1.82) is 0 Å². The predicted molar refractivity (Wildman–Crippen MR) is 90.1 cm³/mol. The van der Waals surface area contributed by atoms with Gasteiger partial charge in [-0.1, -0.05) is 17.7 Å². The number of carbonyl (C=O) groups excluding carboxylic acids is 3. The van der Waals surface area contributed by atoms with Gasteiger partial charge in [-0.15, -0.1) is 0 Å². The summed E-state index contributed by atoms with van der Waals surface area (Å²) in [4.78, 5) is 35.7. The number of ketones is 1. The standard InChI is InChI=1S/C18H15ClFNO4/c1-11(17(23)12-5-7-14(19)8-6-12)25-16(22)10-21-18(24)13-3-2-4-15(20)9-13/h2-9,11H,10H2,1H3,(H,21,24)/t11-/m1/s1. The van der Waals surface area contributed by atoms with Gasteiger partial charge in [-0.3, -0.25) is 14.4 Å². The average Bonchev–Trinajstić information content (AvgIpc) is 2.59. The smallest absolute Gasteiger partial charge is 0.326 e. The first-order valence-corrected chi connectivity index (χ1v) is 7.77. The number of ether oxygens (including phenoxy) is 1. The number of rotatable bonds is 6. The van der Waals surface area contributed by atoms with Gasteiger partial charge < -0.3 is 10.1 Å². The number of hydrogen-bond acceptors (Lipinski definition) is 4. The van der Waals surface area contributed by atoms with Crippen LogP contribution in [0.3, 0.4) is 0 Å². The molecule has 0 spiro atoms. The van der Waals surface area contributed by atoms with Crippen molar-refractivity contribution < 1.29 is 23.5 Å². The van der Waals surface area contributed by atoms with Crippen LogP contribution in [0.4, 0.5) is 4.39 Å². The summed E-state index contributed by atoms with van der Waals surface area (Å²) in [5.41, 5.74) is 0.437. The van der Waals surface area contributed by atoms with E-state index >= 15 is 0 Å². The number of hydrogen-bond donors (Lipinski definition) is 1. The number of amides is 1. The van der Waals surface area contributed by atoms with Gasteiger partial charge in [0.25, 0.3) is 5.91 Å². The van der Waals surface area contributed by atoms with E-state index < -0.39 is 30.3 Å². The summed E-state index contributed by atoms with van der Waals surface area (Å²) in [6, 6.07) is 11.2. The molecule has 1 atom stereocenters. The Balaban J connectivity index is 1.86. The Labute approximate surface area is 148 Å². The Bertz CT molecular complexity index is 792. The lowest BCUT2D eigenvalue weighted by Crippen LogP contribution is -2.34. The van der Waals surface area contributed by atoms with Gasteiger partial charge in [-0.25, -0.2) is 4.39 Å². The second-order valence-corrected chi connectivity index (χ2v) is 5.63. The third-order valence-electron chi connectivity index (χ3n) is 3.29. The van der Waals surface area contributed by atoms with E-state index in [-0.39, 0.29) is 11.3 Å². The Hall–Kier alpha value is -2.73. The lowest BCUT2D eigenvalue weighted by molar-refractivity contribution is -0.145. The van der Waals surface area contributed by atoms with Crippen molar-refractivity contribution in [3.8, 4) is 0 Å². The van der Waals surface area contributed by atoms with Crippen molar-refractivity contribution in [3.05, 3.63) is 70.5 Å². The lowest BCUT2D eigenvalue weighted by Gasteiger charge is -2.13. The van der Waals surface area contributed by atoms with Gasteiger partial charge in [0.2, 0.25) is 5.78 Å². The zero-order chi connectivity index (χ0) is 18.4. The fourth-order valence-electron chi connectivity index (χ4n) is 2.03. The summed E-state index contributed by atoms with van der Waals surface area (Å²) in [5.74, 6) is -2.34. The Morgan fingerprint density at radius 1 is 1.12 bits per heavy atom. The van der Waals surface area contributed by atoms with Crippen LogP contribution in [-0.4, -0.2) is 30.3 Å². The van der Waals surface area contributed by atoms with Gasteiger partial charge in [0, 0.05) is 16.1 Å². The highest BCUT2D eigenvalue weighted by molar-refractivity contribution is 6.30. The predicted octanol–water partition coefficient (Wildman–Crippen LogP) is 3.02. The molecule has 5 nitrogen and oxygen atoms in total. The minimum Gasteiger partial charge on any atom is -0.453 e. The van der Waals surface area contributed by atoms with E-state index in [4.69, 9.17) is 16.3 Å². The molecule has 0 unspecified atom stereocenters. The molecular formula is C18H15ClFNO4. The van der Waals surface area contributed by atoms with Crippen LogP contribution in [0.2, 0.25) is 5.02 Å². The van der Waals surface area contributed by atoms with Gasteiger partial charge in [-0.2, -0.15) is 0 Å². The molecule has 0 aromatic heterocycles. The summed E-state index contributed by atoms with van der Waals surface area (Å²) in [7, 11) is 0. The van der Waals surface area contributed by atoms with Crippen LogP contribution >= 0.6 is 11.6 Å². The van der Waals surface area contributed by atoms with Crippen molar-refractivity contribution in [2.45, 2.75) is 13.0 Å². The van der Waals surface area contributed by atoms with E-state index in [0.717, 1.165) is 6.07 Å². The monoisotopic (exact) mass is 363 g/mol. The molecule has 130 valence electrons. The molecule has 1 amide bonds. The molecule has 0 aliphatic rings. The molecule has 0 saturated carbocycles. The first-order chi connectivity index (χ1) is 11.9. The van der Waals surface area contributed by atoms with Crippen LogP contribution in [-0.2, 0) is 9.53 Å². The van der Waals surface area contributed by atoms with Crippen molar-refractivity contribution in [1.82, 2.24) is 5.32 Å². The zero-order valence-electron chi connectivity index (χ0n) is 13.3. The van der Waals surface area contributed by atoms with Crippen molar-refractivity contribution in [3.63, 3.8) is 0 Å². The number of esters is 1. The van der Waals surface area contributed by atoms with Crippen LogP contribution in [0.5, 0.6) is 0 Å². The van der Waals surface area contributed by atoms with Gasteiger partial charge in [0.15, 0.2) is 6.10 Å². The molecule has 0 bridgehead atoms. The quantitative estimate of drug-likeness (QED) is 0.632. The summed E-state index contributed by atoms with van der Waals surface area (Å²) in [6.45, 7) is 0.997. The molecule has 1 N–H and O–H groups in total. The SMILES string of the molecule is C[C@@H](OC(=O)CNC(=O)c1cccc(F)c1)C(=O)c1ccc(Cl)cc1. The molecule has 0 saturated heterocycles. The highest BCUT2D eigenvalue weighted by Gasteiger charge is 2.20. The fourth-order valence-corrected chi connectivity index (χ4v) is 2.15. The van der Waals surface area contributed by atoms with Crippen molar-refractivity contribution in [2.75, 3.05) is 6.54 Å². The molecule has 2 aromatic rings. The average molecular weight is 364 g/mol. The van der Waals surface area contributed by atoms with E-state index in [1.165, 1.54) is 37.3 Å². The Kier molecular flexibility index (Phi) is 6.25. The second-order valence-electron chi connectivity index (χ2n) is 5.20. The molecule has 7 heteroatoms. The fraction of sp³-hybridized carbons (Fsp3) is 0.167. The Morgan fingerprint density at radius 3 is 2.44 bits per heavy atom. The molecule has 0 fully saturated rings. The number of benzene rings is 2. The number of Topliss-reactive ketones (excluding diaryl/α,β-unsaturated/α-hetero) is 1. The third-order valence-corrected chi connectivity index (χ3v) is 3.54. The minimum atomic E-state index is -1.01. The van der Waals surface area contributed by atoms with Gasteiger partial charge in [0.05, 0.1) is 0 Å². The van der Waals surface area contributed by atoms with Crippen LogP contribution in [0, 0.1) is 5.82 Å². The Morgan fingerprint density at radius 2 is 1.80 bits per heavy atom. The van der Waals surface area contributed by atoms with E-state index in [1.54, 1.807) is 12.1 Å². The van der Waals surface area contributed by atoms with Crippen molar-refractivity contribution in [2.24, 2.45) is 0 Å². The van der Waals surface area contributed by atoms with Gasteiger partial charge in [-0.05, 0) is 49.4 Å². The molecule has 0 radical (unpaired) electrons. The zero-order valence-corrected chi connectivity index (χ0v) is 14.0. The summed E-state index contributed by atoms with van der Waals surface area (Å²) in [5, 5.41) is 2.80. The van der Waals surface area contributed by atoms with E-state index in [0.29, 0.717) is 10.6 Å². The van der Waals surface area contributed by atoms with E-state index in [2.05, 4.69) is 5.32 Å². The summed E-state index contributed by atoms with van der Waals surface area (Å²) >= 11 is 5.75. The first kappa shape index (κ1) is 18.6. The minimum absolute atomic E-state index is 0.0816. The normalized spacial score (nSPS) is 11.5. The maximum Gasteiger partial charge on any atom is 0.326 e. The van der Waals surface area contributed by atoms with Crippen LogP contribution in [0.1, 0.15) is 27.6 Å². The van der Waals surface area contributed by atoms with Crippen LogP contribution in [0.15, 0.2) is 48.5 Å². The van der Waals surface area contributed by atoms with Crippen LogP contribution < -0.4 is 5.32 Å². The van der Waals surface area contributed by atoms with Gasteiger partial charge >= 0.3 is 5.97 Å². The first-order valence-electron chi connectivity index (χ1n) is 7.40. The summed E-state index contributed by atoms with van der Waals surface area (Å²) < 4.78 is 18.1. The summed E-state index contributed by atoms with van der Waals surface area (Å²) in [6.07, 6.45) is -1.01. The maximum atomic E-state index is 13.1. The number of carbonyl (C=O) groups is 3.